The third-order valence-corrected chi connectivity index (χ3v) is 5.84. The second-order valence-electron chi connectivity index (χ2n) is 7.78. The molecule has 4 rings (SSSR count). The molecule has 7 heteroatoms. The van der Waals surface area contributed by atoms with Crippen LogP contribution in [0.3, 0.4) is 0 Å². The number of ether oxygens (including phenoxy) is 1. The van der Waals surface area contributed by atoms with Crippen molar-refractivity contribution in [2.45, 2.75) is 33.8 Å². The van der Waals surface area contributed by atoms with Crippen LogP contribution < -0.4 is 10.1 Å². The number of rotatable bonds is 5. The minimum Gasteiger partial charge on any atom is -0.479 e. The van der Waals surface area contributed by atoms with Crippen LogP contribution in [-0.4, -0.2) is 17.0 Å². The first-order valence-corrected chi connectivity index (χ1v) is 10.9. The molecular formula is C25H22Cl2N2O3. The number of anilines is 1. The highest BCUT2D eigenvalue weighted by Crippen LogP contribution is 2.30. The lowest BCUT2D eigenvalue weighted by Gasteiger charge is -2.17. The topological polar surface area (TPSA) is 64.4 Å². The average Bonchev–Trinajstić information content (AvgIpc) is 3.14. The van der Waals surface area contributed by atoms with Gasteiger partial charge in [-0.05, 0) is 86.8 Å². The first-order chi connectivity index (χ1) is 15.2. The van der Waals surface area contributed by atoms with Gasteiger partial charge in [-0.2, -0.15) is 0 Å². The second kappa shape index (κ2) is 8.85. The summed E-state index contributed by atoms with van der Waals surface area (Å²) in [7, 11) is 0. The van der Waals surface area contributed by atoms with Crippen LogP contribution in [0.25, 0.3) is 22.6 Å². The zero-order valence-electron chi connectivity index (χ0n) is 18.1. The molecule has 0 fully saturated rings. The lowest BCUT2D eigenvalue weighted by atomic mass is 10.1. The number of hydrogen-bond donors (Lipinski definition) is 1. The summed E-state index contributed by atoms with van der Waals surface area (Å²) in [5, 5.41) is 3.76. The number of aryl methyl sites for hydroxylation is 3. The average molecular weight is 469 g/mol. The van der Waals surface area contributed by atoms with Gasteiger partial charge in [0.25, 0.3) is 5.91 Å². The summed E-state index contributed by atoms with van der Waals surface area (Å²) in [5.41, 5.74) is 6.16. The standard InChI is InChI=1S/C25H22Cl2N2O3/c1-13-5-6-17(25-29-21-9-14(2)15(3)10-23(21)32-25)11-20(13)28-24(30)16(4)31-22-8-7-18(26)12-19(22)27/h5-12,16H,1-4H3,(H,28,30)/t16-/m1/s1. The number of oxazole rings is 1. The largest absolute Gasteiger partial charge is 0.479 e. The number of benzene rings is 3. The van der Waals surface area contributed by atoms with Crippen LogP contribution in [-0.2, 0) is 4.79 Å². The van der Waals surface area contributed by atoms with Crippen molar-refractivity contribution in [3.8, 4) is 17.2 Å². The summed E-state index contributed by atoms with van der Waals surface area (Å²) in [6, 6.07) is 14.5. The molecule has 0 aliphatic rings. The summed E-state index contributed by atoms with van der Waals surface area (Å²) in [4.78, 5) is 17.4. The van der Waals surface area contributed by atoms with Crippen molar-refractivity contribution in [3.05, 3.63) is 75.3 Å². The van der Waals surface area contributed by atoms with Crippen molar-refractivity contribution in [1.29, 1.82) is 0 Å². The van der Waals surface area contributed by atoms with E-state index in [-0.39, 0.29) is 5.91 Å². The first-order valence-electron chi connectivity index (χ1n) is 10.1. The number of amides is 1. The Morgan fingerprint density at radius 2 is 1.75 bits per heavy atom. The van der Waals surface area contributed by atoms with Crippen molar-refractivity contribution < 1.29 is 13.9 Å². The molecule has 0 saturated carbocycles. The Morgan fingerprint density at radius 3 is 2.50 bits per heavy atom. The Hall–Kier alpha value is -3.02. The van der Waals surface area contributed by atoms with Gasteiger partial charge in [0.2, 0.25) is 5.89 Å². The Morgan fingerprint density at radius 1 is 1.00 bits per heavy atom. The van der Waals surface area contributed by atoms with Crippen LogP contribution in [0.1, 0.15) is 23.6 Å². The Kier molecular flexibility index (Phi) is 6.13. The molecule has 3 aromatic carbocycles. The van der Waals surface area contributed by atoms with Gasteiger partial charge in [0.15, 0.2) is 11.7 Å². The number of halogens is 2. The Bertz CT molecular complexity index is 1290. The fraction of sp³-hybridized carbons (Fsp3) is 0.200. The van der Waals surface area contributed by atoms with E-state index in [1.807, 2.05) is 51.1 Å². The second-order valence-corrected chi connectivity index (χ2v) is 8.62. The smallest absolute Gasteiger partial charge is 0.265 e. The fourth-order valence-corrected chi connectivity index (χ4v) is 3.70. The van der Waals surface area contributed by atoms with Crippen LogP contribution in [0.4, 0.5) is 5.69 Å². The van der Waals surface area contributed by atoms with Crippen LogP contribution in [0.5, 0.6) is 5.75 Å². The predicted octanol–water partition coefficient (Wildman–Crippen LogP) is 7.13. The number of carbonyl (C=O) groups excluding carboxylic acids is 1. The van der Waals surface area contributed by atoms with E-state index in [2.05, 4.69) is 10.3 Å². The number of carbonyl (C=O) groups is 1. The molecule has 1 atom stereocenters. The summed E-state index contributed by atoms with van der Waals surface area (Å²) in [5.74, 6) is 0.582. The maximum absolute atomic E-state index is 12.8. The third-order valence-electron chi connectivity index (χ3n) is 5.31. The number of nitrogens with zero attached hydrogens (tertiary/aromatic N) is 1. The van der Waals surface area contributed by atoms with E-state index in [4.69, 9.17) is 32.4 Å². The summed E-state index contributed by atoms with van der Waals surface area (Å²) < 4.78 is 11.7. The lowest BCUT2D eigenvalue weighted by Crippen LogP contribution is -2.30. The first kappa shape index (κ1) is 22.2. The fourth-order valence-electron chi connectivity index (χ4n) is 3.24. The highest BCUT2D eigenvalue weighted by atomic mass is 35.5. The van der Waals surface area contributed by atoms with Gasteiger partial charge in [-0.15, -0.1) is 0 Å². The summed E-state index contributed by atoms with van der Waals surface area (Å²) >= 11 is 12.1. The molecule has 0 unspecified atom stereocenters. The molecule has 0 radical (unpaired) electrons. The van der Waals surface area contributed by atoms with Gasteiger partial charge in [0, 0.05) is 16.3 Å². The summed E-state index contributed by atoms with van der Waals surface area (Å²) in [6.07, 6.45) is -0.771. The summed E-state index contributed by atoms with van der Waals surface area (Å²) in [6.45, 7) is 7.66. The quantitative estimate of drug-likeness (QED) is 0.338. The molecule has 4 aromatic rings. The Labute approximate surface area is 196 Å². The van der Waals surface area contributed by atoms with Crippen molar-refractivity contribution in [3.63, 3.8) is 0 Å². The van der Waals surface area contributed by atoms with Gasteiger partial charge in [0.1, 0.15) is 11.3 Å². The molecule has 164 valence electrons. The molecule has 5 nitrogen and oxygen atoms in total. The van der Waals surface area contributed by atoms with Crippen molar-refractivity contribution in [1.82, 2.24) is 4.98 Å². The van der Waals surface area contributed by atoms with Crippen LogP contribution >= 0.6 is 23.2 Å². The number of nitrogens with one attached hydrogen (secondary N) is 1. The van der Waals surface area contributed by atoms with E-state index in [9.17, 15) is 4.79 Å². The number of fused-ring (bicyclic) bond motifs is 1. The zero-order valence-corrected chi connectivity index (χ0v) is 19.6. The SMILES string of the molecule is Cc1cc2nc(-c3ccc(C)c(NC(=O)[C@@H](C)Oc4ccc(Cl)cc4Cl)c3)oc2cc1C. The van der Waals surface area contributed by atoms with Crippen LogP contribution in [0, 0.1) is 20.8 Å². The minimum absolute atomic E-state index is 0.305. The van der Waals surface area contributed by atoms with E-state index in [0.717, 1.165) is 33.4 Å². The molecule has 32 heavy (non-hydrogen) atoms. The highest BCUT2D eigenvalue weighted by Gasteiger charge is 2.18. The number of hydrogen-bond acceptors (Lipinski definition) is 4. The van der Waals surface area contributed by atoms with Crippen molar-refractivity contribution >= 4 is 45.9 Å². The highest BCUT2D eigenvalue weighted by molar-refractivity contribution is 6.35. The predicted molar refractivity (Wildman–Crippen MR) is 129 cm³/mol. The lowest BCUT2D eigenvalue weighted by molar-refractivity contribution is -0.122. The van der Waals surface area contributed by atoms with Crippen LogP contribution in [0.2, 0.25) is 10.0 Å². The maximum Gasteiger partial charge on any atom is 0.265 e. The van der Waals surface area contributed by atoms with Crippen molar-refractivity contribution in [2.75, 3.05) is 5.32 Å². The number of aromatic nitrogens is 1. The van der Waals surface area contributed by atoms with Crippen LogP contribution in [0.15, 0.2) is 52.9 Å². The molecule has 1 heterocycles. The van der Waals surface area contributed by atoms with E-state index in [1.165, 1.54) is 0 Å². The molecule has 0 spiro atoms. The van der Waals surface area contributed by atoms with Gasteiger partial charge in [-0.1, -0.05) is 29.3 Å². The van der Waals surface area contributed by atoms with Gasteiger partial charge in [-0.3, -0.25) is 4.79 Å². The van der Waals surface area contributed by atoms with E-state index >= 15 is 0 Å². The van der Waals surface area contributed by atoms with Crippen molar-refractivity contribution in [2.24, 2.45) is 0 Å². The monoisotopic (exact) mass is 468 g/mol. The van der Waals surface area contributed by atoms with Gasteiger partial charge < -0.3 is 14.5 Å². The zero-order chi connectivity index (χ0) is 23.0. The molecule has 0 bridgehead atoms. The molecule has 0 saturated heterocycles. The molecule has 1 N–H and O–H groups in total. The van der Waals surface area contributed by atoms with E-state index in [1.54, 1.807) is 25.1 Å². The maximum atomic E-state index is 12.8. The molecule has 1 aromatic heterocycles. The van der Waals surface area contributed by atoms with Gasteiger partial charge >= 0.3 is 0 Å². The van der Waals surface area contributed by atoms with E-state index in [0.29, 0.717) is 27.4 Å². The van der Waals surface area contributed by atoms with E-state index < -0.39 is 6.10 Å². The molecular weight excluding hydrogens is 447 g/mol. The molecule has 1 amide bonds. The molecule has 0 aliphatic heterocycles. The molecule has 0 aliphatic carbocycles. The van der Waals surface area contributed by atoms with Gasteiger partial charge in [0.05, 0.1) is 5.02 Å². The third kappa shape index (κ3) is 4.59. The minimum atomic E-state index is -0.771. The Balaban J connectivity index is 1.55. The normalized spacial score (nSPS) is 12.1. The van der Waals surface area contributed by atoms with Gasteiger partial charge in [-0.25, -0.2) is 4.98 Å².